The van der Waals surface area contributed by atoms with Gasteiger partial charge in [0.25, 0.3) is 0 Å². The lowest BCUT2D eigenvalue weighted by molar-refractivity contribution is -0.137. The number of rotatable bonds is 6. The summed E-state index contributed by atoms with van der Waals surface area (Å²) in [6, 6.07) is 3.58. The first-order chi connectivity index (χ1) is 9.93. The Morgan fingerprint density at radius 1 is 1.48 bits per heavy atom. The molecule has 0 aliphatic heterocycles. The third-order valence-corrected chi connectivity index (χ3v) is 4.32. The van der Waals surface area contributed by atoms with Gasteiger partial charge in [0, 0.05) is 17.3 Å². The molecule has 1 unspecified atom stereocenters. The molecule has 2 rings (SSSR count). The lowest BCUT2D eigenvalue weighted by atomic mass is 9.89. The second kappa shape index (κ2) is 6.47. The van der Waals surface area contributed by atoms with E-state index in [0.717, 1.165) is 22.9 Å². The molecule has 1 aliphatic rings. The molecule has 1 aliphatic carbocycles. The van der Waals surface area contributed by atoms with Crippen molar-refractivity contribution >= 4 is 33.5 Å². The molecule has 0 aromatic heterocycles. The average Bonchev–Trinajstić information content (AvgIpc) is 3.20. The molecule has 1 aromatic rings. The van der Waals surface area contributed by atoms with Crippen LogP contribution in [0.15, 0.2) is 16.6 Å². The summed E-state index contributed by atoms with van der Waals surface area (Å²) in [7, 11) is 1.53. The highest BCUT2D eigenvalue weighted by molar-refractivity contribution is 9.10. The number of anilines is 1. The Kier molecular flexibility index (Phi) is 4.88. The van der Waals surface area contributed by atoms with Gasteiger partial charge in [-0.3, -0.25) is 9.59 Å². The number of amides is 1. The highest BCUT2D eigenvalue weighted by Crippen LogP contribution is 2.50. The molecule has 0 bridgehead atoms. The van der Waals surface area contributed by atoms with E-state index in [2.05, 4.69) is 21.2 Å². The van der Waals surface area contributed by atoms with Crippen molar-refractivity contribution in [2.24, 2.45) is 5.92 Å². The highest BCUT2D eigenvalue weighted by Gasteiger charge is 2.37. The number of carbonyl (C=O) groups is 2. The fourth-order valence-electron chi connectivity index (χ4n) is 2.60. The standard InChI is InChI=1S/C15H18BrNO4/c1-8(18)17-15-12(21-2)6-5-11(16)14(15)10(7-13(19)20)9-3-4-9/h5-6,9-10H,3-4,7H2,1-2H3,(H,17,18)(H,19,20). The fourth-order valence-corrected chi connectivity index (χ4v) is 3.23. The molecule has 2 N–H and O–H groups in total. The maximum Gasteiger partial charge on any atom is 0.303 e. The van der Waals surface area contributed by atoms with Gasteiger partial charge in [0.15, 0.2) is 0 Å². The molecule has 1 fully saturated rings. The van der Waals surface area contributed by atoms with Crippen molar-refractivity contribution in [2.75, 3.05) is 12.4 Å². The van der Waals surface area contributed by atoms with Gasteiger partial charge in [-0.25, -0.2) is 0 Å². The molecule has 0 spiro atoms. The highest BCUT2D eigenvalue weighted by atomic mass is 79.9. The van der Waals surface area contributed by atoms with Crippen LogP contribution in [0.25, 0.3) is 0 Å². The lowest BCUT2D eigenvalue weighted by Crippen LogP contribution is -2.15. The minimum Gasteiger partial charge on any atom is -0.495 e. The van der Waals surface area contributed by atoms with Crippen molar-refractivity contribution in [1.29, 1.82) is 0 Å². The lowest BCUT2D eigenvalue weighted by Gasteiger charge is -2.22. The third-order valence-electron chi connectivity index (χ3n) is 3.63. The molecule has 0 saturated heterocycles. The van der Waals surface area contributed by atoms with Crippen LogP contribution >= 0.6 is 15.9 Å². The van der Waals surface area contributed by atoms with Crippen LogP contribution in [0.2, 0.25) is 0 Å². The van der Waals surface area contributed by atoms with Crippen molar-refractivity contribution in [1.82, 2.24) is 0 Å². The third kappa shape index (κ3) is 3.75. The number of aliphatic carboxylic acids is 1. The van der Waals surface area contributed by atoms with Gasteiger partial charge >= 0.3 is 5.97 Å². The van der Waals surface area contributed by atoms with Gasteiger partial charge in [0.05, 0.1) is 19.2 Å². The van der Waals surface area contributed by atoms with E-state index in [9.17, 15) is 14.7 Å². The van der Waals surface area contributed by atoms with Crippen molar-refractivity contribution in [3.05, 3.63) is 22.2 Å². The SMILES string of the molecule is COc1ccc(Br)c(C(CC(=O)O)C2CC2)c1NC(C)=O. The van der Waals surface area contributed by atoms with Gasteiger partial charge in [-0.15, -0.1) is 0 Å². The Morgan fingerprint density at radius 3 is 2.62 bits per heavy atom. The first-order valence-corrected chi connectivity index (χ1v) is 7.59. The van der Waals surface area contributed by atoms with Crippen molar-refractivity contribution in [2.45, 2.75) is 32.1 Å². The van der Waals surface area contributed by atoms with Crippen LogP contribution in [0.1, 0.15) is 37.7 Å². The first kappa shape index (κ1) is 15.8. The van der Waals surface area contributed by atoms with E-state index < -0.39 is 5.97 Å². The van der Waals surface area contributed by atoms with Gasteiger partial charge < -0.3 is 15.2 Å². The second-order valence-electron chi connectivity index (χ2n) is 5.26. The Balaban J connectivity index is 2.52. The monoisotopic (exact) mass is 355 g/mol. The summed E-state index contributed by atoms with van der Waals surface area (Å²) in [5, 5.41) is 12.0. The molecule has 21 heavy (non-hydrogen) atoms. The molecule has 1 amide bonds. The van der Waals surface area contributed by atoms with Crippen molar-refractivity contribution in [3.8, 4) is 5.75 Å². The molecule has 5 nitrogen and oxygen atoms in total. The fraction of sp³-hybridized carbons (Fsp3) is 0.467. The van der Waals surface area contributed by atoms with E-state index >= 15 is 0 Å². The summed E-state index contributed by atoms with van der Waals surface area (Å²) in [5.41, 5.74) is 1.38. The number of ether oxygens (including phenoxy) is 1. The number of nitrogens with one attached hydrogen (secondary N) is 1. The van der Waals surface area contributed by atoms with E-state index in [1.807, 2.05) is 6.07 Å². The van der Waals surface area contributed by atoms with Gasteiger partial charge in [-0.2, -0.15) is 0 Å². The predicted octanol–water partition coefficient (Wildman–Crippen LogP) is 3.38. The minimum absolute atomic E-state index is 0.0447. The van der Waals surface area contributed by atoms with Gasteiger partial charge in [-0.1, -0.05) is 15.9 Å². The number of hydrogen-bond acceptors (Lipinski definition) is 3. The maximum atomic E-state index is 11.5. The Morgan fingerprint density at radius 2 is 2.14 bits per heavy atom. The summed E-state index contributed by atoms with van der Waals surface area (Å²) >= 11 is 3.49. The maximum absolute atomic E-state index is 11.5. The molecule has 0 radical (unpaired) electrons. The van der Waals surface area contributed by atoms with E-state index in [-0.39, 0.29) is 18.2 Å². The Labute approximate surface area is 131 Å². The smallest absolute Gasteiger partial charge is 0.303 e. The Hall–Kier alpha value is -1.56. The van der Waals surface area contributed by atoms with Gasteiger partial charge in [0.1, 0.15) is 5.75 Å². The molecule has 114 valence electrons. The number of benzene rings is 1. The van der Waals surface area contributed by atoms with Crippen LogP contribution in [0.4, 0.5) is 5.69 Å². The zero-order valence-electron chi connectivity index (χ0n) is 12.0. The molecule has 6 heteroatoms. The van der Waals surface area contributed by atoms with Gasteiger partial charge in [0.2, 0.25) is 5.91 Å². The zero-order valence-corrected chi connectivity index (χ0v) is 13.6. The topological polar surface area (TPSA) is 75.6 Å². The van der Waals surface area contributed by atoms with E-state index in [1.165, 1.54) is 14.0 Å². The molecular weight excluding hydrogens is 338 g/mol. The summed E-state index contributed by atoms with van der Waals surface area (Å²) in [6.45, 7) is 1.42. The van der Waals surface area contributed by atoms with Gasteiger partial charge in [-0.05, 0) is 36.5 Å². The van der Waals surface area contributed by atoms with Crippen LogP contribution in [-0.4, -0.2) is 24.1 Å². The molecule has 1 aromatic carbocycles. The summed E-state index contributed by atoms with van der Waals surface area (Å²) in [6.07, 6.45) is 2.07. The quantitative estimate of drug-likeness (QED) is 0.819. The van der Waals surface area contributed by atoms with E-state index in [0.29, 0.717) is 17.4 Å². The molecule has 1 atom stereocenters. The zero-order chi connectivity index (χ0) is 15.6. The normalized spacial score (nSPS) is 15.4. The van der Waals surface area contributed by atoms with Crippen LogP contribution in [-0.2, 0) is 9.59 Å². The number of carboxylic acid groups (broad SMARTS) is 1. The van der Waals surface area contributed by atoms with Crippen LogP contribution in [0, 0.1) is 5.92 Å². The average molecular weight is 356 g/mol. The van der Waals surface area contributed by atoms with Crippen LogP contribution in [0.3, 0.4) is 0 Å². The molecule has 0 heterocycles. The van der Waals surface area contributed by atoms with E-state index in [4.69, 9.17) is 4.74 Å². The molecular formula is C15H18BrNO4. The van der Waals surface area contributed by atoms with E-state index in [1.54, 1.807) is 6.07 Å². The van der Waals surface area contributed by atoms with Crippen LogP contribution in [0.5, 0.6) is 5.75 Å². The van der Waals surface area contributed by atoms with Crippen LogP contribution < -0.4 is 10.1 Å². The summed E-state index contributed by atoms with van der Waals surface area (Å²) < 4.78 is 6.11. The minimum atomic E-state index is -0.838. The number of carbonyl (C=O) groups excluding carboxylic acids is 1. The number of hydrogen-bond donors (Lipinski definition) is 2. The van der Waals surface area contributed by atoms with Crippen molar-refractivity contribution < 1.29 is 19.4 Å². The largest absolute Gasteiger partial charge is 0.495 e. The second-order valence-corrected chi connectivity index (χ2v) is 6.12. The summed E-state index contributed by atoms with van der Waals surface area (Å²) in [5.74, 6) is -0.293. The molecule has 1 saturated carbocycles. The van der Waals surface area contributed by atoms with Crippen molar-refractivity contribution in [3.63, 3.8) is 0 Å². The number of methoxy groups -OCH3 is 1. The summed E-state index contributed by atoms with van der Waals surface area (Å²) in [4.78, 5) is 22.7. The number of halogens is 1. The first-order valence-electron chi connectivity index (χ1n) is 6.79. The number of carboxylic acids is 1. The predicted molar refractivity (Wildman–Crippen MR) is 82.7 cm³/mol. The Bertz CT molecular complexity index is 569.